The van der Waals surface area contributed by atoms with Crippen molar-refractivity contribution in [2.75, 3.05) is 0 Å². The lowest BCUT2D eigenvalue weighted by molar-refractivity contribution is -0.129. The number of amides is 1. The van der Waals surface area contributed by atoms with Crippen LogP contribution in [0.2, 0.25) is 0 Å². The smallest absolute Gasteiger partial charge is 0.310 e. The number of hydrogen-bond acceptors (Lipinski definition) is 4. The van der Waals surface area contributed by atoms with Crippen LogP contribution in [-0.2, 0) is 18.4 Å². The molecule has 1 fully saturated rings. The van der Waals surface area contributed by atoms with Crippen molar-refractivity contribution in [1.29, 1.82) is 0 Å². The van der Waals surface area contributed by atoms with Crippen LogP contribution < -0.4 is 5.32 Å². The standard InChI is InChI=1S/C2H4NO4P/c4-1-3-2-6-8(5)7-2/h1-2,8H,(H,3,4). The summed E-state index contributed by atoms with van der Waals surface area (Å²) in [6.07, 6.45) is -0.363. The molecule has 0 saturated carbocycles. The molecular formula is C2H4NO4P. The highest BCUT2D eigenvalue weighted by molar-refractivity contribution is 7.34. The maximum atomic E-state index is 9.97. The zero-order chi connectivity index (χ0) is 5.98. The third kappa shape index (κ3) is 1.06. The van der Waals surface area contributed by atoms with E-state index in [0.717, 1.165) is 0 Å². The number of carbonyl (C=O) groups excluding carboxylic acids is 1. The third-order valence-corrected chi connectivity index (χ3v) is 1.42. The Bertz CT molecular complexity index is 114. The van der Waals surface area contributed by atoms with E-state index in [1.165, 1.54) is 0 Å². The summed E-state index contributed by atoms with van der Waals surface area (Å²) >= 11 is 0. The lowest BCUT2D eigenvalue weighted by Gasteiger charge is -2.23. The summed E-state index contributed by atoms with van der Waals surface area (Å²) in [5.74, 6) is 0. The van der Waals surface area contributed by atoms with Gasteiger partial charge in [-0.3, -0.25) is 18.4 Å². The van der Waals surface area contributed by atoms with E-state index >= 15 is 0 Å². The van der Waals surface area contributed by atoms with Crippen LogP contribution >= 0.6 is 8.25 Å². The largest absolute Gasteiger partial charge is 0.326 e. The van der Waals surface area contributed by atoms with Gasteiger partial charge in [0, 0.05) is 0 Å². The fraction of sp³-hybridized carbons (Fsp3) is 0.500. The van der Waals surface area contributed by atoms with Crippen molar-refractivity contribution in [2.45, 2.75) is 6.41 Å². The molecule has 6 heteroatoms. The van der Waals surface area contributed by atoms with Gasteiger partial charge in [-0.25, -0.2) is 0 Å². The first-order valence-electron chi connectivity index (χ1n) is 1.90. The zero-order valence-corrected chi connectivity index (χ0v) is 4.79. The van der Waals surface area contributed by atoms with Gasteiger partial charge in [0.15, 0.2) is 0 Å². The minimum absolute atomic E-state index is 0.416. The summed E-state index contributed by atoms with van der Waals surface area (Å²) < 4.78 is 18.7. The molecule has 1 aliphatic rings. The lowest BCUT2D eigenvalue weighted by atomic mass is 11.0. The highest BCUT2D eigenvalue weighted by Gasteiger charge is 2.25. The van der Waals surface area contributed by atoms with Crippen molar-refractivity contribution in [3.63, 3.8) is 0 Å². The van der Waals surface area contributed by atoms with Gasteiger partial charge in [-0.15, -0.1) is 0 Å². The molecule has 0 aromatic heterocycles. The van der Waals surface area contributed by atoms with Gasteiger partial charge in [0.2, 0.25) is 6.41 Å². The van der Waals surface area contributed by atoms with Gasteiger partial charge < -0.3 is 5.32 Å². The number of rotatable bonds is 2. The predicted molar refractivity (Wildman–Crippen MR) is 24.2 cm³/mol. The van der Waals surface area contributed by atoms with E-state index in [1.54, 1.807) is 0 Å². The fourth-order valence-electron chi connectivity index (χ4n) is 0.307. The van der Waals surface area contributed by atoms with Crippen LogP contribution in [0.4, 0.5) is 0 Å². The minimum atomic E-state index is -2.23. The van der Waals surface area contributed by atoms with Crippen LogP contribution in [0.1, 0.15) is 0 Å². The van der Waals surface area contributed by atoms with E-state index in [2.05, 4.69) is 14.4 Å². The van der Waals surface area contributed by atoms with Crippen molar-refractivity contribution in [3.8, 4) is 0 Å². The molecule has 0 spiro atoms. The van der Waals surface area contributed by atoms with E-state index in [4.69, 9.17) is 0 Å². The minimum Gasteiger partial charge on any atom is -0.310 e. The summed E-state index contributed by atoms with van der Waals surface area (Å²) in [5.41, 5.74) is 0. The molecule has 1 heterocycles. The Hall–Kier alpha value is -0.380. The fourth-order valence-corrected chi connectivity index (χ4v) is 0.811. The van der Waals surface area contributed by atoms with Gasteiger partial charge in [-0.2, -0.15) is 0 Å². The van der Waals surface area contributed by atoms with Crippen LogP contribution in [0.3, 0.4) is 0 Å². The average Bonchev–Trinajstić information content (AvgIpc) is 1.64. The highest BCUT2D eigenvalue weighted by Crippen LogP contribution is 2.37. The predicted octanol–water partition coefficient (Wildman–Crippen LogP) is -0.548. The van der Waals surface area contributed by atoms with Gasteiger partial charge in [0.1, 0.15) is 0 Å². The van der Waals surface area contributed by atoms with E-state index in [0.29, 0.717) is 6.41 Å². The zero-order valence-electron chi connectivity index (χ0n) is 3.79. The molecule has 0 aromatic rings. The van der Waals surface area contributed by atoms with Crippen LogP contribution in [0.25, 0.3) is 0 Å². The lowest BCUT2D eigenvalue weighted by Crippen LogP contribution is -2.35. The Morgan fingerprint density at radius 3 is 2.62 bits per heavy atom. The Kier molecular flexibility index (Phi) is 1.62. The van der Waals surface area contributed by atoms with Gasteiger partial charge in [0.25, 0.3) is 6.41 Å². The van der Waals surface area contributed by atoms with Gasteiger partial charge in [-0.1, -0.05) is 0 Å². The first-order valence-corrected chi connectivity index (χ1v) is 3.12. The first kappa shape index (κ1) is 5.75. The molecule has 46 valence electrons. The maximum absolute atomic E-state index is 9.97. The van der Waals surface area contributed by atoms with Crippen LogP contribution in [0.15, 0.2) is 0 Å². The molecule has 0 radical (unpaired) electrons. The van der Waals surface area contributed by atoms with Crippen LogP contribution in [0, 0.1) is 0 Å². The number of carbonyl (C=O) groups is 1. The van der Waals surface area contributed by atoms with Gasteiger partial charge in [0.05, 0.1) is 0 Å². The second-order valence-corrected chi connectivity index (χ2v) is 2.07. The quantitative estimate of drug-likeness (QED) is 0.409. The molecule has 0 bridgehead atoms. The third-order valence-electron chi connectivity index (χ3n) is 0.611. The molecule has 0 atom stereocenters. The van der Waals surface area contributed by atoms with Crippen molar-refractivity contribution in [3.05, 3.63) is 0 Å². The van der Waals surface area contributed by atoms with Gasteiger partial charge in [-0.05, 0) is 0 Å². The highest BCUT2D eigenvalue weighted by atomic mass is 31.1. The SMILES string of the molecule is O=CNC1O[PH](=O)O1. The second-order valence-electron chi connectivity index (χ2n) is 1.10. The number of hydrogen-bond donors (Lipinski definition) is 1. The summed E-state index contributed by atoms with van der Waals surface area (Å²) in [6.45, 7) is 0. The maximum Gasteiger partial charge on any atom is 0.326 e. The Balaban J connectivity index is 2.15. The Morgan fingerprint density at radius 1 is 1.62 bits per heavy atom. The molecule has 0 unspecified atom stereocenters. The van der Waals surface area contributed by atoms with Crippen molar-refractivity contribution in [2.24, 2.45) is 0 Å². The van der Waals surface area contributed by atoms with E-state index < -0.39 is 14.7 Å². The molecule has 1 N–H and O–H groups in total. The van der Waals surface area contributed by atoms with E-state index in [-0.39, 0.29) is 0 Å². The van der Waals surface area contributed by atoms with E-state index in [9.17, 15) is 9.36 Å². The molecule has 1 saturated heterocycles. The van der Waals surface area contributed by atoms with Crippen LogP contribution in [-0.4, -0.2) is 12.8 Å². The summed E-state index contributed by atoms with van der Waals surface area (Å²) in [4.78, 5) is 9.55. The molecular weight excluding hydrogens is 133 g/mol. The summed E-state index contributed by atoms with van der Waals surface area (Å²) in [6, 6.07) is 0. The molecule has 0 aliphatic carbocycles. The van der Waals surface area contributed by atoms with Crippen molar-refractivity contribution in [1.82, 2.24) is 5.32 Å². The van der Waals surface area contributed by atoms with Crippen molar-refractivity contribution < 1.29 is 18.4 Å². The Morgan fingerprint density at radius 2 is 2.25 bits per heavy atom. The molecule has 5 nitrogen and oxygen atoms in total. The molecule has 1 rings (SSSR count). The Labute approximate surface area is 45.9 Å². The molecule has 0 aromatic carbocycles. The topological polar surface area (TPSA) is 64.6 Å². The first-order chi connectivity index (χ1) is 3.83. The van der Waals surface area contributed by atoms with Gasteiger partial charge >= 0.3 is 8.25 Å². The van der Waals surface area contributed by atoms with E-state index in [1.807, 2.05) is 0 Å². The summed E-state index contributed by atoms with van der Waals surface area (Å²) in [5, 5.41) is 2.11. The monoisotopic (exact) mass is 137 g/mol. The normalized spacial score (nSPS) is 35.5. The molecule has 8 heavy (non-hydrogen) atoms. The number of nitrogens with one attached hydrogen (secondary N) is 1. The summed E-state index contributed by atoms with van der Waals surface area (Å²) in [7, 11) is -2.23. The van der Waals surface area contributed by atoms with Crippen molar-refractivity contribution >= 4 is 14.7 Å². The average molecular weight is 137 g/mol. The molecule has 1 aliphatic heterocycles. The molecule has 1 amide bonds. The van der Waals surface area contributed by atoms with Crippen LogP contribution in [0.5, 0.6) is 0 Å². The second kappa shape index (κ2) is 2.26.